The minimum absolute atomic E-state index is 0.238. The molecule has 26 heavy (non-hydrogen) atoms. The molecule has 2 saturated heterocycles. The van der Waals surface area contributed by atoms with Crippen molar-refractivity contribution in [3.8, 4) is 0 Å². The van der Waals surface area contributed by atoms with Gasteiger partial charge in [0, 0.05) is 25.9 Å². The van der Waals surface area contributed by atoms with Gasteiger partial charge in [0.25, 0.3) is 0 Å². The van der Waals surface area contributed by atoms with Crippen LogP contribution in [0, 0.1) is 5.92 Å². The monoisotopic (exact) mass is 361 g/mol. The van der Waals surface area contributed by atoms with Gasteiger partial charge in [-0.25, -0.2) is 0 Å². The summed E-state index contributed by atoms with van der Waals surface area (Å²) in [7, 11) is 1.42. The third-order valence-corrected chi connectivity index (χ3v) is 5.63. The van der Waals surface area contributed by atoms with E-state index in [-0.39, 0.29) is 24.1 Å². The number of hydroxylamine groups is 2. The second kappa shape index (κ2) is 7.64. The van der Waals surface area contributed by atoms with Crippen molar-refractivity contribution >= 4 is 5.97 Å². The van der Waals surface area contributed by atoms with Gasteiger partial charge in [-0.1, -0.05) is 36.8 Å². The van der Waals surface area contributed by atoms with Gasteiger partial charge >= 0.3 is 5.97 Å². The summed E-state index contributed by atoms with van der Waals surface area (Å²) >= 11 is 0. The number of hydrogen-bond acceptors (Lipinski definition) is 6. The SMILES string of the molecule is COC(=O)[C@@H]1CN(Cc2ccccc2)O[C@@H]1[C@H]1COC2(CCCCC2)O1. The van der Waals surface area contributed by atoms with Crippen molar-refractivity contribution in [1.82, 2.24) is 5.06 Å². The van der Waals surface area contributed by atoms with Crippen LogP contribution in [-0.4, -0.2) is 49.3 Å². The van der Waals surface area contributed by atoms with Crippen LogP contribution in [0.3, 0.4) is 0 Å². The van der Waals surface area contributed by atoms with Crippen LogP contribution >= 0.6 is 0 Å². The van der Waals surface area contributed by atoms with Gasteiger partial charge in [0.2, 0.25) is 0 Å². The summed E-state index contributed by atoms with van der Waals surface area (Å²) in [5, 5.41) is 1.84. The molecule has 2 aliphatic heterocycles. The first kappa shape index (κ1) is 17.9. The lowest BCUT2D eigenvalue weighted by molar-refractivity contribution is -0.222. The molecule has 1 aromatic carbocycles. The highest BCUT2D eigenvalue weighted by molar-refractivity contribution is 5.73. The molecule has 0 N–H and O–H groups in total. The molecule has 0 unspecified atom stereocenters. The highest BCUT2D eigenvalue weighted by Crippen LogP contribution is 2.41. The maximum Gasteiger partial charge on any atom is 0.312 e. The number of rotatable bonds is 4. The minimum atomic E-state index is -0.472. The number of ether oxygens (including phenoxy) is 3. The van der Waals surface area contributed by atoms with Crippen molar-refractivity contribution in [3.63, 3.8) is 0 Å². The Hall–Kier alpha value is -1.47. The second-order valence-corrected chi connectivity index (χ2v) is 7.45. The van der Waals surface area contributed by atoms with E-state index in [4.69, 9.17) is 19.0 Å². The number of carbonyl (C=O) groups excluding carboxylic acids is 1. The maximum absolute atomic E-state index is 12.3. The Morgan fingerprint density at radius 2 is 2.00 bits per heavy atom. The fraction of sp³-hybridized carbons (Fsp3) is 0.650. The summed E-state index contributed by atoms with van der Waals surface area (Å²) in [6.07, 6.45) is 4.72. The van der Waals surface area contributed by atoms with Crippen LogP contribution in [0.1, 0.15) is 37.7 Å². The smallest absolute Gasteiger partial charge is 0.312 e. The Morgan fingerprint density at radius 3 is 2.73 bits per heavy atom. The third-order valence-electron chi connectivity index (χ3n) is 5.63. The zero-order valence-corrected chi connectivity index (χ0v) is 15.3. The van der Waals surface area contributed by atoms with Gasteiger partial charge in [-0.05, 0) is 18.4 Å². The van der Waals surface area contributed by atoms with Gasteiger partial charge in [0.05, 0.1) is 13.7 Å². The third kappa shape index (κ3) is 3.64. The van der Waals surface area contributed by atoms with Crippen LogP contribution in [0.25, 0.3) is 0 Å². The Balaban J connectivity index is 1.45. The van der Waals surface area contributed by atoms with Gasteiger partial charge in [-0.15, -0.1) is 0 Å². The minimum Gasteiger partial charge on any atom is -0.469 e. The summed E-state index contributed by atoms with van der Waals surface area (Å²) in [5.41, 5.74) is 1.14. The Morgan fingerprint density at radius 1 is 1.23 bits per heavy atom. The summed E-state index contributed by atoms with van der Waals surface area (Å²) in [6.45, 7) is 1.60. The number of carbonyl (C=O) groups is 1. The molecule has 3 atom stereocenters. The van der Waals surface area contributed by atoms with Crippen molar-refractivity contribution in [2.24, 2.45) is 5.92 Å². The maximum atomic E-state index is 12.3. The number of esters is 1. The number of nitrogens with zero attached hydrogens (tertiary/aromatic N) is 1. The summed E-state index contributed by atoms with van der Waals surface area (Å²) in [6, 6.07) is 10.1. The molecule has 0 radical (unpaired) electrons. The second-order valence-electron chi connectivity index (χ2n) is 7.45. The quantitative estimate of drug-likeness (QED) is 0.769. The molecule has 142 valence electrons. The van der Waals surface area contributed by atoms with Crippen molar-refractivity contribution in [2.75, 3.05) is 20.3 Å². The van der Waals surface area contributed by atoms with E-state index in [0.717, 1.165) is 31.2 Å². The first-order valence-corrected chi connectivity index (χ1v) is 9.54. The molecule has 3 fully saturated rings. The van der Waals surface area contributed by atoms with Gasteiger partial charge < -0.3 is 14.2 Å². The normalized spacial score (nSPS) is 31.3. The predicted molar refractivity (Wildman–Crippen MR) is 93.9 cm³/mol. The van der Waals surface area contributed by atoms with E-state index >= 15 is 0 Å². The van der Waals surface area contributed by atoms with Gasteiger partial charge in [0.15, 0.2) is 5.79 Å². The van der Waals surface area contributed by atoms with Crippen LogP contribution in [0.4, 0.5) is 0 Å². The first-order valence-electron chi connectivity index (χ1n) is 9.54. The number of benzene rings is 1. The lowest BCUT2D eigenvalue weighted by Crippen LogP contribution is -2.40. The molecule has 3 aliphatic rings. The summed E-state index contributed by atoms with van der Waals surface area (Å²) in [5.74, 6) is -1.09. The van der Waals surface area contributed by atoms with E-state index in [1.54, 1.807) is 0 Å². The lowest BCUT2D eigenvalue weighted by atomic mass is 9.94. The molecule has 0 aromatic heterocycles. The molecular weight excluding hydrogens is 334 g/mol. The molecule has 0 amide bonds. The van der Waals surface area contributed by atoms with Crippen LogP contribution in [0.15, 0.2) is 30.3 Å². The zero-order chi connectivity index (χ0) is 18.0. The van der Waals surface area contributed by atoms with E-state index in [1.807, 2.05) is 23.3 Å². The molecule has 2 heterocycles. The molecular formula is C20H27NO5. The highest BCUT2D eigenvalue weighted by Gasteiger charge is 2.51. The number of methoxy groups -OCH3 is 1. The predicted octanol–water partition coefficient (Wildman–Crippen LogP) is 2.67. The largest absolute Gasteiger partial charge is 0.469 e. The van der Waals surface area contributed by atoms with Crippen molar-refractivity contribution in [3.05, 3.63) is 35.9 Å². The summed E-state index contributed by atoms with van der Waals surface area (Å²) < 4.78 is 17.4. The molecule has 1 spiro atoms. The van der Waals surface area contributed by atoms with E-state index < -0.39 is 5.79 Å². The topological polar surface area (TPSA) is 57.2 Å². The Bertz CT molecular complexity index is 616. The fourth-order valence-electron chi connectivity index (χ4n) is 4.28. The molecule has 6 heteroatoms. The van der Waals surface area contributed by atoms with E-state index in [2.05, 4.69) is 12.1 Å². The average Bonchev–Trinajstić information content (AvgIpc) is 3.27. The van der Waals surface area contributed by atoms with E-state index in [0.29, 0.717) is 19.7 Å². The standard InChI is InChI=1S/C20H27NO5/c1-23-19(22)16-13-21(12-15-8-4-2-5-9-15)26-18(16)17-14-24-20(25-17)10-6-3-7-11-20/h2,4-5,8-9,16-18H,3,6-7,10-14H2,1H3/t16-,17-,18+/m1/s1. The van der Waals surface area contributed by atoms with Crippen LogP contribution < -0.4 is 0 Å². The van der Waals surface area contributed by atoms with Crippen molar-refractivity contribution in [1.29, 1.82) is 0 Å². The lowest BCUT2D eigenvalue weighted by Gasteiger charge is -2.32. The Kier molecular flexibility index (Phi) is 5.27. The Labute approximate surface area is 154 Å². The fourth-order valence-corrected chi connectivity index (χ4v) is 4.28. The summed E-state index contributed by atoms with van der Waals surface area (Å²) in [4.78, 5) is 18.5. The van der Waals surface area contributed by atoms with Crippen LogP contribution in [0.5, 0.6) is 0 Å². The molecule has 6 nitrogen and oxygen atoms in total. The first-order chi connectivity index (χ1) is 12.7. The van der Waals surface area contributed by atoms with Gasteiger partial charge in [-0.2, -0.15) is 5.06 Å². The zero-order valence-electron chi connectivity index (χ0n) is 15.3. The average molecular weight is 361 g/mol. The van der Waals surface area contributed by atoms with Crippen LogP contribution in [0.2, 0.25) is 0 Å². The van der Waals surface area contributed by atoms with Crippen molar-refractivity contribution < 1.29 is 23.8 Å². The molecule has 1 aromatic rings. The van der Waals surface area contributed by atoms with Gasteiger partial charge in [-0.3, -0.25) is 9.63 Å². The molecule has 1 saturated carbocycles. The van der Waals surface area contributed by atoms with E-state index in [1.165, 1.54) is 13.5 Å². The van der Waals surface area contributed by atoms with Crippen molar-refractivity contribution in [2.45, 2.75) is 56.6 Å². The van der Waals surface area contributed by atoms with E-state index in [9.17, 15) is 4.79 Å². The molecule has 0 bridgehead atoms. The molecule has 4 rings (SSSR count). The van der Waals surface area contributed by atoms with Gasteiger partial charge in [0.1, 0.15) is 18.1 Å². The number of hydrogen-bond donors (Lipinski definition) is 0. The molecule has 1 aliphatic carbocycles. The highest BCUT2D eigenvalue weighted by atomic mass is 16.8. The van der Waals surface area contributed by atoms with Crippen LogP contribution in [-0.2, 0) is 30.4 Å².